The van der Waals surface area contributed by atoms with Crippen LogP contribution in [-0.4, -0.2) is 49.0 Å². The molecule has 116 valence electrons. The van der Waals surface area contributed by atoms with Crippen molar-refractivity contribution in [2.45, 2.75) is 18.8 Å². The van der Waals surface area contributed by atoms with Gasteiger partial charge in [0.25, 0.3) is 0 Å². The summed E-state index contributed by atoms with van der Waals surface area (Å²) in [5, 5.41) is 1.64. The summed E-state index contributed by atoms with van der Waals surface area (Å²) in [7, 11) is -3.03. The molecule has 1 atom stereocenters. The van der Waals surface area contributed by atoms with E-state index in [0.29, 0.717) is 18.8 Å². The first-order chi connectivity index (χ1) is 10.1. The third kappa shape index (κ3) is 4.47. The molecule has 0 bridgehead atoms. The topological polar surface area (TPSA) is 63.4 Å². The molecule has 0 amide bonds. The number of thioether (sulfide) groups is 1. The van der Waals surface area contributed by atoms with Gasteiger partial charge in [0, 0.05) is 46.2 Å². The normalized spacial score (nSPS) is 20.0. The van der Waals surface area contributed by atoms with Crippen LogP contribution in [0.5, 0.6) is 0 Å². The number of hydrogen-bond donors (Lipinski definition) is 1. The molecule has 2 rings (SSSR count). The van der Waals surface area contributed by atoms with Gasteiger partial charge in [0.15, 0.2) is 9.84 Å². The Hall–Kier alpha value is -0.520. The SMILES string of the molecule is CCS(=O)(=O)C1CSCCN1Cc1cc(C#CCN)cs1. The van der Waals surface area contributed by atoms with Gasteiger partial charge in [0.1, 0.15) is 5.37 Å². The molecule has 0 spiro atoms. The average Bonchev–Trinajstić information content (AvgIpc) is 2.93. The van der Waals surface area contributed by atoms with Crippen LogP contribution < -0.4 is 5.73 Å². The zero-order valence-corrected chi connectivity index (χ0v) is 14.5. The van der Waals surface area contributed by atoms with Crippen LogP contribution in [0.15, 0.2) is 11.4 Å². The number of rotatable bonds is 4. The van der Waals surface area contributed by atoms with E-state index in [1.54, 1.807) is 30.0 Å². The van der Waals surface area contributed by atoms with Crippen molar-refractivity contribution in [1.29, 1.82) is 0 Å². The van der Waals surface area contributed by atoms with E-state index in [0.717, 1.165) is 22.7 Å². The Balaban J connectivity index is 2.11. The van der Waals surface area contributed by atoms with Gasteiger partial charge < -0.3 is 5.73 Å². The lowest BCUT2D eigenvalue weighted by molar-refractivity contribution is 0.264. The molecular formula is C14H20N2O2S3. The van der Waals surface area contributed by atoms with Gasteiger partial charge in [0.2, 0.25) is 0 Å². The van der Waals surface area contributed by atoms with E-state index in [9.17, 15) is 8.42 Å². The smallest absolute Gasteiger partial charge is 0.166 e. The van der Waals surface area contributed by atoms with Gasteiger partial charge in [0.05, 0.1) is 6.54 Å². The fourth-order valence-electron chi connectivity index (χ4n) is 2.20. The van der Waals surface area contributed by atoms with Gasteiger partial charge in [-0.3, -0.25) is 4.90 Å². The first-order valence-corrected chi connectivity index (χ1v) is 10.6. The van der Waals surface area contributed by atoms with Crippen LogP contribution in [0, 0.1) is 11.8 Å². The van der Waals surface area contributed by atoms with Gasteiger partial charge in [-0.1, -0.05) is 18.8 Å². The molecule has 1 unspecified atom stereocenters. The van der Waals surface area contributed by atoms with E-state index in [4.69, 9.17) is 5.73 Å². The minimum Gasteiger partial charge on any atom is -0.320 e. The molecule has 2 N–H and O–H groups in total. The second-order valence-corrected chi connectivity index (χ2v) is 9.35. The van der Waals surface area contributed by atoms with Crippen molar-refractivity contribution in [3.05, 3.63) is 21.9 Å². The molecule has 1 saturated heterocycles. The summed E-state index contributed by atoms with van der Waals surface area (Å²) in [4.78, 5) is 3.24. The molecule has 0 radical (unpaired) electrons. The van der Waals surface area contributed by atoms with Crippen molar-refractivity contribution in [2.75, 3.05) is 30.3 Å². The molecule has 7 heteroatoms. The minimum absolute atomic E-state index is 0.201. The molecule has 1 aliphatic rings. The number of nitrogens with zero attached hydrogens (tertiary/aromatic N) is 1. The maximum Gasteiger partial charge on any atom is 0.166 e. The van der Waals surface area contributed by atoms with Crippen molar-refractivity contribution in [3.63, 3.8) is 0 Å². The summed E-state index contributed by atoms with van der Waals surface area (Å²) in [6, 6.07) is 2.03. The Kier molecular flexibility index (Phi) is 6.14. The number of sulfone groups is 1. The van der Waals surface area contributed by atoms with Crippen LogP contribution in [0.1, 0.15) is 17.4 Å². The fourth-order valence-corrected chi connectivity index (χ4v) is 6.12. The van der Waals surface area contributed by atoms with Crippen molar-refractivity contribution >= 4 is 32.9 Å². The van der Waals surface area contributed by atoms with E-state index >= 15 is 0 Å². The van der Waals surface area contributed by atoms with Crippen molar-refractivity contribution in [3.8, 4) is 11.8 Å². The van der Waals surface area contributed by atoms with Gasteiger partial charge >= 0.3 is 0 Å². The zero-order valence-electron chi connectivity index (χ0n) is 12.0. The lowest BCUT2D eigenvalue weighted by Crippen LogP contribution is -2.47. The third-order valence-corrected chi connectivity index (χ3v) is 7.61. The van der Waals surface area contributed by atoms with E-state index < -0.39 is 9.84 Å². The second-order valence-electron chi connectivity index (χ2n) is 4.76. The van der Waals surface area contributed by atoms with Gasteiger partial charge in [-0.05, 0) is 6.07 Å². The van der Waals surface area contributed by atoms with Crippen molar-refractivity contribution in [2.24, 2.45) is 5.73 Å². The molecule has 1 fully saturated rings. The monoisotopic (exact) mass is 344 g/mol. The lowest BCUT2D eigenvalue weighted by atomic mass is 10.3. The van der Waals surface area contributed by atoms with Crippen LogP contribution in [0.25, 0.3) is 0 Å². The van der Waals surface area contributed by atoms with Crippen LogP contribution in [0.3, 0.4) is 0 Å². The highest BCUT2D eigenvalue weighted by atomic mass is 32.2. The first-order valence-electron chi connectivity index (χ1n) is 6.86. The summed E-state index contributed by atoms with van der Waals surface area (Å²) in [6.07, 6.45) is 0. The van der Waals surface area contributed by atoms with Gasteiger partial charge in [-0.25, -0.2) is 8.42 Å². The van der Waals surface area contributed by atoms with Gasteiger partial charge in [-0.2, -0.15) is 11.8 Å². The predicted molar refractivity (Wildman–Crippen MR) is 91.2 cm³/mol. The standard InChI is InChI=1S/C14H20N2O2S3/c1-2-21(17,18)14-11-19-7-6-16(14)9-13-8-12(10-20-13)4-3-5-15/h8,10,14H,2,5-7,9,11,15H2,1H3. The summed E-state index contributed by atoms with van der Waals surface area (Å²) in [6.45, 7) is 3.57. The molecule has 4 nitrogen and oxygen atoms in total. The van der Waals surface area contributed by atoms with Crippen molar-refractivity contribution in [1.82, 2.24) is 4.90 Å². The quantitative estimate of drug-likeness (QED) is 0.836. The maximum absolute atomic E-state index is 12.2. The van der Waals surface area contributed by atoms with Crippen LogP contribution in [-0.2, 0) is 16.4 Å². The Labute approximate surface area is 135 Å². The first kappa shape index (κ1) is 16.8. The molecule has 1 aromatic rings. The molecule has 21 heavy (non-hydrogen) atoms. The highest BCUT2D eigenvalue weighted by Gasteiger charge is 2.32. The van der Waals surface area contributed by atoms with E-state index in [2.05, 4.69) is 16.7 Å². The molecule has 0 saturated carbocycles. The largest absolute Gasteiger partial charge is 0.320 e. The van der Waals surface area contributed by atoms with E-state index in [-0.39, 0.29) is 11.1 Å². The zero-order chi connectivity index (χ0) is 15.3. The third-order valence-electron chi connectivity index (χ3n) is 3.35. The Morgan fingerprint density at radius 1 is 1.52 bits per heavy atom. The predicted octanol–water partition coefficient (Wildman–Crippen LogP) is 1.37. The molecule has 2 heterocycles. The average molecular weight is 345 g/mol. The summed E-state index contributed by atoms with van der Waals surface area (Å²) >= 11 is 3.35. The van der Waals surface area contributed by atoms with E-state index in [1.165, 1.54) is 0 Å². The Morgan fingerprint density at radius 3 is 3.05 bits per heavy atom. The number of thiophene rings is 1. The number of hydrogen-bond acceptors (Lipinski definition) is 6. The Bertz CT molecular complexity index is 628. The molecule has 1 aromatic heterocycles. The summed E-state index contributed by atoms with van der Waals surface area (Å²) < 4.78 is 24.4. The van der Waals surface area contributed by atoms with Crippen LogP contribution in [0.4, 0.5) is 0 Å². The highest BCUT2D eigenvalue weighted by molar-refractivity contribution is 8.01. The lowest BCUT2D eigenvalue weighted by Gasteiger charge is -2.34. The fraction of sp³-hybridized carbons (Fsp3) is 0.571. The second kappa shape index (κ2) is 7.65. The molecule has 0 aromatic carbocycles. The molecule has 0 aliphatic carbocycles. The molecule has 1 aliphatic heterocycles. The summed E-state index contributed by atoms with van der Waals surface area (Å²) in [5.74, 6) is 7.70. The minimum atomic E-state index is -3.03. The highest BCUT2D eigenvalue weighted by Crippen LogP contribution is 2.25. The van der Waals surface area contributed by atoms with Gasteiger partial charge in [-0.15, -0.1) is 11.3 Å². The number of nitrogens with two attached hydrogens (primary N) is 1. The Morgan fingerprint density at radius 2 is 2.33 bits per heavy atom. The van der Waals surface area contributed by atoms with Crippen molar-refractivity contribution < 1.29 is 8.42 Å². The van der Waals surface area contributed by atoms with Crippen LogP contribution >= 0.6 is 23.1 Å². The summed E-state index contributed by atoms with van der Waals surface area (Å²) in [5.41, 5.74) is 6.33. The molecular weight excluding hydrogens is 324 g/mol. The van der Waals surface area contributed by atoms with E-state index in [1.807, 2.05) is 11.4 Å². The maximum atomic E-state index is 12.2. The van der Waals surface area contributed by atoms with Crippen LogP contribution in [0.2, 0.25) is 0 Å².